The molecule has 5 N–H and O–H groups in total. The van der Waals surface area contributed by atoms with E-state index in [-0.39, 0.29) is 58.2 Å². The number of halogens is 7. The van der Waals surface area contributed by atoms with Crippen LogP contribution in [0.2, 0.25) is 25.1 Å². The fourth-order valence-corrected chi connectivity index (χ4v) is 17.6. The Kier molecular flexibility index (Phi) is 30.7. The van der Waals surface area contributed by atoms with Gasteiger partial charge in [0.15, 0.2) is 5.69 Å². The smallest absolute Gasteiger partial charge is 0.303 e. The average molecular weight is 1890 g/mol. The van der Waals surface area contributed by atoms with Crippen LogP contribution in [-0.2, 0) is 37.9 Å². The highest BCUT2D eigenvalue weighted by Gasteiger charge is 2.38. The van der Waals surface area contributed by atoms with Gasteiger partial charge in [-0.2, -0.15) is 33.1 Å². The second-order valence-electron chi connectivity index (χ2n) is 29.8. The number of hydrazine groups is 1. The molecule has 4 aliphatic rings. The van der Waals surface area contributed by atoms with Crippen molar-refractivity contribution in [1.82, 2.24) is 64.3 Å². The van der Waals surface area contributed by atoms with Crippen LogP contribution in [0.4, 0.5) is 4.39 Å². The fourth-order valence-electron chi connectivity index (χ4n) is 14.8. The molecule has 125 heavy (non-hydrogen) atoms. The van der Waals surface area contributed by atoms with E-state index in [4.69, 9.17) is 73.3 Å². The summed E-state index contributed by atoms with van der Waals surface area (Å²) < 4.78 is 72.9. The second kappa shape index (κ2) is 41.9. The van der Waals surface area contributed by atoms with Crippen LogP contribution in [0.1, 0.15) is 104 Å². The maximum Gasteiger partial charge on any atom is 0.303 e. The minimum Gasteiger partial charge on any atom is -0.361 e. The summed E-state index contributed by atoms with van der Waals surface area (Å²) >= 11 is 34.3. The van der Waals surface area contributed by atoms with Gasteiger partial charge >= 0.3 is 10.2 Å². The van der Waals surface area contributed by atoms with E-state index >= 15 is 0 Å². The van der Waals surface area contributed by atoms with Crippen molar-refractivity contribution in [2.75, 3.05) is 68.0 Å². The fraction of sp³-hybridized carbons (Fsp3) is 0.228. The lowest BCUT2D eigenvalue weighted by molar-refractivity contribution is -0.133. The molecular formula is C92H91BrCl5FN18O6S2. The molecule has 16 rings (SSSR count). The van der Waals surface area contributed by atoms with E-state index in [1.165, 1.54) is 51.8 Å². The Morgan fingerprint density at radius 2 is 1.13 bits per heavy atom. The van der Waals surface area contributed by atoms with Crippen LogP contribution in [0, 0.1) is 12.7 Å². The summed E-state index contributed by atoms with van der Waals surface area (Å²) in [5.41, 5.74) is 17.8. The molecule has 0 bridgehead atoms. The van der Waals surface area contributed by atoms with E-state index in [9.17, 15) is 30.8 Å². The zero-order valence-electron chi connectivity index (χ0n) is 69.3. The third-order valence-corrected chi connectivity index (χ3v) is 25.9. The first kappa shape index (κ1) is 91.7. The van der Waals surface area contributed by atoms with E-state index in [0.717, 1.165) is 118 Å². The Balaban J connectivity index is 0.000000143. The molecule has 7 heterocycles. The molecular weight excluding hydrogens is 1790 g/mol. The van der Waals surface area contributed by atoms with Gasteiger partial charge in [-0.15, -0.1) is 0 Å². The number of carbonyl (C=O) groups excluding carboxylic acids is 2. The number of hydrogen-bond donors (Lipinski definition) is 5. The van der Waals surface area contributed by atoms with Crippen molar-refractivity contribution in [1.29, 1.82) is 0 Å². The molecule has 2 amide bonds. The van der Waals surface area contributed by atoms with Crippen LogP contribution in [-0.4, -0.2) is 176 Å². The quantitative estimate of drug-likeness (QED) is 0.0373. The molecule has 646 valence electrons. The lowest BCUT2D eigenvalue weighted by Gasteiger charge is -2.26. The number of hydrogen-bond acceptors (Lipinski definition) is 15. The summed E-state index contributed by atoms with van der Waals surface area (Å²) in [6, 6.07) is 70.2. The third-order valence-electron chi connectivity index (χ3n) is 21.3. The third kappa shape index (κ3) is 22.6. The van der Waals surface area contributed by atoms with Gasteiger partial charge in [0.2, 0.25) is 11.9 Å². The Bertz CT molecular complexity index is 6210. The van der Waals surface area contributed by atoms with E-state index in [1.54, 1.807) is 93.8 Å². The van der Waals surface area contributed by atoms with Gasteiger partial charge in [0.1, 0.15) is 5.82 Å². The van der Waals surface area contributed by atoms with Crippen molar-refractivity contribution in [3.63, 3.8) is 0 Å². The number of guanidine groups is 2. The van der Waals surface area contributed by atoms with E-state index in [1.807, 2.05) is 166 Å². The second-order valence-corrected chi connectivity index (χ2v) is 36.4. The monoisotopic (exact) mass is 1880 g/mol. The number of pyridine rings is 1. The number of aliphatic imine (C=N–C) groups is 2. The SMILES string of the molecule is CCc1c(C(=O)NN2CCCCC2)nn(-c2ccc(Cl)cc2Cl)c1-c1ccc(Br)cc1.CN=C(NS(=O)(=O)N(C)C)N1CC(c2cccc(F)c2)C(c2ccc(Cl)cc2)=N1.CN=C(NS(=O)(=O)c1ccc(C)cc1)N1CC(c2cccnc2)C(c2ccc(Cl)cc2)=N1.CN[C@@H](Cc1c[nH]c2ccccc12)C(=O)N1CC(c2ccccc2)C(c2ccc(Cl)cc2)=N1. The number of H-pyrrole nitrogens is 1. The van der Waals surface area contributed by atoms with Gasteiger partial charge in [-0.25, -0.2) is 47.0 Å². The molecule has 4 atom stereocenters. The Morgan fingerprint density at radius 3 is 1.68 bits per heavy atom. The van der Waals surface area contributed by atoms with Gasteiger partial charge in [-0.05, 0) is 182 Å². The highest BCUT2D eigenvalue weighted by molar-refractivity contribution is 9.10. The summed E-state index contributed by atoms with van der Waals surface area (Å²) in [5, 5.41) is 32.8. The number of nitrogens with one attached hydrogen (secondary N) is 5. The molecule has 0 radical (unpaired) electrons. The number of piperidine rings is 1. The predicted octanol–water partition coefficient (Wildman–Crippen LogP) is 17.8. The van der Waals surface area contributed by atoms with Crippen molar-refractivity contribution >= 4 is 146 Å². The first-order valence-corrected chi connectivity index (χ1v) is 45.8. The molecule has 0 spiro atoms. The molecule has 1 saturated heterocycles. The molecule has 4 aliphatic heterocycles. The van der Waals surface area contributed by atoms with Crippen molar-refractivity contribution in [2.24, 2.45) is 25.3 Å². The summed E-state index contributed by atoms with van der Waals surface area (Å²) in [4.78, 5) is 42.7. The Morgan fingerprint density at radius 1 is 0.600 bits per heavy atom. The zero-order chi connectivity index (χ0) is 88.6. The van der Waals surface area contributed by atoms with Crippen LogP contribution in [0.3, 0.4) is 0 Å². The first-order chi connectivity index (χ1) is 60.2. The maximum atomic E-state index is 13.8. The summed E-state index contributed by atoms with van der Waals surface area (Å²) in [6.45, 7) is 6.86. The van der Waals surface area contributed by atoms with Crippen LogP contribution < -0.4 is 20.2 Å². The molecule has 0 aliphatic carbocycles. The van der Waals surface area contributed by atoms with E-state index in [2.05, 4.69) is 79.4 Å². The summed E-state index contributed by atoms with van der Waals surface area (Å²) in [7, 11) is 0.0798. The van der Waals surface area contributed by atoms with E-state index < -0.39 is 20.2 Å². The number of rotatable bonds is 19. The van der Waals surface area contributed by atoms with Crippen LogP contribution in [0.5, 0.6) is 0 Å². The number of carbonyl (C=O) groups is 2. The molecule has 9 aromatic carbocycles. The number of sulfonamides is 1. The normalized spacial score (nSPS) is 16.4. The minimum absolute atomic E-state index is 0.00178. The average Bonchev–Trinajstić information content (AvgIpc) is 1.59. The van der Waals surface area contributed by atoms with Crippen LogP contribution in [0.15, 0.2) is 284 Å². The highest BCUT2D eigenvalue weighted by atomic mass is 79.9. The number of aromatic amines is 1. The highest BCUT2D eigenvalue weighted by Crippen LogP contribution is 2.38. The lowest BCUT2D eigenvalue weighted by atomic mass is 9.90. The number of aromatic nitrogens is 4. The number of nitrogens with zero attached hydrogens (tertiary/aromatic N) is 13. The number of amides is 2. The number of para-hydroxylation sites is 1. The Labute approximate surface area is 760 Å². The van der Waals surface area contributed by atoms with Gasteiger partial charge < -0.3 is 10.3 Å². The number of likely N-dealkylation sites (N-methyl/N-ethyl adjacent to an activating group) is 1. The van der Waals surface area contributed by atoms with Gasteiger partial charge in [0, 0.05) is 124 Å². The van der Waals surface area contributed by atoms with Gasteiger partial charge in [-0.3, -0.25) is 30.0 Å². The minimum atomic E-state index is -3.82. The molecule has 33 heteroatoms. The standard InChI is InChI=1S/C27H25ClN4O.C23H23BrCl2N4O.C23H22ClN5O2S.C19H21ClFN5O2S/c1-29-25(15-20-16-30-24-10-6-5-9-22(20)24)27(33)32-17-23(18-7-3-2-4-8-18)26(31-32)19-11-13-21(28)14-12-19;1-2-18-21(23(31)28-29-12-4-3-5-13-29)27-30(20-11-10-17(25)14-19(20)26)22(18)15-6-8-16(24)9-7-15;1-16-5-11-20(12-6-16)32(30,31)28-23(25-2)29-15-21(18-4-3-13-26-14-18)22(27-29)17-7-9-19(24)10-8-17;1-22-19(24-29(27,28)25(2)3)26-12-17(14-5-4-6-16(21)11-14)18(23-26)13-7-9-15(20)10-8-13/h2-14,16,23,25,29-30H,15,17H2,1H3;6-11,14H,2-5,12-13H2,1H3,(H,28,31);3-14,21H,15H2,1-2H3,(H,25,28);4-11,17H,12H2,1-3H3,(H,22,24)/t23?,25-;;;/m0.../s1. The predicted molar refractivity (Wildman–Crippen MR) is 502 cm³/mol. The van der Waals surface area contributed by atoms with Crippen molar-refractivity contribution < 1.29 is 30.8 Å². The van der Waals surface area contributed by atoms with Crippen molar-refractivity contribution in [3.8, 4) is 16.9 Å². The van der Waals surface area contributed by atoms with Gasteiger partial charge in [-0.1, -0.05) is 220 Å². The van der Waals surface area contributed by atoms with Gasteiger partial charge in [0.05, 0.1) is 64.1 Å². The van der Waals surface area contributed by atoms with Crippen LogP contribution in [0.25, 0.3) is 27.8 Å². The van der Waals surface area contributed by atoms with E-state index in [0.29, 0.717) is 74.7 Å². The zero-order valence-corrected chi connectivity index (χ0v) is 76.3. The molecule has 24 nitrogen and oxygen atoms in total. The van der Waals surface area contributed by atoms with Crippen molar-refractivity contribution in [3.05, 3.63) is 340 Å². The van der Waals surface area contributed by atoms with Crippen molar-refractivity contribution in [2.45, 2.75) is 74.6 Å². The number of fused-ring (bicyclic) bond motifs is 1. The Hall–Kier alpha value is -11.0. The molecule has 3 unspecified atom stereocenters. The topological polar surface area (TPSA) is 275 Å². The first-order valence-electron chi connectivity index (χ1n) is 40.1. The number of aryl methyl sites for hydroxylation is 1. The lowest BCUT2D eigenvalue weighted by Crippen LogP contribution is -2.45. The maximum absolute atomic E-state index is 13.8. The summed E-state index contributed by atoms with van der Waals surface area (Å²) in [5.74, 6) is -0.768. The number of benzene rings is 9. The molecule has 3 aromatic heterocycles. The largest absolute Gasteiger partial charge is 0.361 e. The molecule has 12 aromatic rings. The van der Waals surface area contributed by atoms with Gasteiger partial charge in [0.25, 0.3) is 21.8 Å². The van der Waals surface area contributed by atoms with Crippen LogP contribution >= 0.6 is 73.9 Å². The number of hydrazone groups is 3. The molecule has 0 saturated carbocycles. The molecule has 1 fully saturated rings. The summed E-state index contributed by atoms with van der Waals surface area (Å²) in [6.07, 6.45) is 10.1.